The Morgan fingerprint density at radius 3 is 2.94 bits per heavy atom. The van der Waals surface area contributed by atoms with Gasteiger partial charge in [0.2, 0.25) is 0 Å². The number of thioether (sulfide) groups is 1. The molecule has 2 N–H and O–H groups in total. The van der Waals surface area contributed by atoms with Crippen molar-refractivity contribution in [2.45, 2.75) is 29.9 Å². The molecule has 0 aliphatic heterocycles. The van der Waals surface area contributed by atoms with Gasteiger partial charge in [-0.1, -0.05) is 30.8 Å². The fraction of sp³-hybridized carbons (Fsp3) is 0.308. The van der Waals surface area contributed by atoms with Crippen LogP contribution < -0.4 is 5.73 Å². The summed E-state index contributed by atoms with van der Waals surface area (Å²) in [6.07, 6.45) is 3.90. The van der Waals surface area contributed by atoms with Crippen molar-refractivity contribution in [3.63, 3.8) is 0 Å². The molecule has 2 unspecified atom stereocenters. The second-order valence-electron chi connectivity index (χ2n) is 3.96. The highest BCUT2D eigenvalue weighted by Gasteiger charge is 2.22. The smallest absolute Gasteiger partial charge is 0.256 e. The van der Waals surface area contributed by atoms with Crippen LogP contribution >= 0.6 is 11.8 Å². The minimum Gasteiger partial charge on any atom is -0.440 e. The zero-order chi connectivity index (χ0) is 13.0. The number of aromatic nitrogens is 1. The lowest BCUT2D eigenvalue weighted by atomic mass is 10.0. The molecule has 0 spiro atoms. The Kier molecular flexibility index (Phi) is 4.38. The van der Waals surface area contributed by atoms with E-state index in [9.17, 15) is 4.39 Å². The first-order valence-electron chi connectivity index (χ1n) is 5.78. The summed E-state index contributed by atoms with van der Waals surface area (Å²) in [6, 6.07) is 6.42. The zero-order valence-electron chi connectivity index (χ0n) is 10.0. The van der Waals surface area contributed by atoms with Crippen molar-refractivity contribution in [2.75, 3.05) is 0 Å². The van der Waals surface area contributed by atoms with E-state index in [0.29, 0.717) is 5.22 Å². The molecular formula is C13H15FN2OS. The average Bonchev–Trinajstić information content (AvgIpc) is 2.88. The van der Waals surface area contributed by atoms with E-state index < -0.39 is 0 Å². The van der Waals surface area contributed by atoms with E-state index in [1.54, 1.807) is 12.3 Å². The minimum absolute atomic E-state index is 0.0654. The SMILES string of the molecule is CCC(N)C(Sc1ncco1)c1cccc(F)c1. The van der Waals surface area contributed by atoms with Crippen LogP contribution in [0.15, 0.2) is 46.4 Å². The molecule has 0 saturated carbocycles. The van der Waals surface area contributed by atoms with E-state index >= 15 is 0 Å². The first kappa shape index (κ1) is 13.1. The molecular weight excluding hydrogens is 251 g/mol. The molecule has 96 valence electrons. The maximum atomic E-state index is 13.3. The van der Waals surface area contributed by atoms with E-state index in [0.717, 1.165) is 12.0 Å². The second kappa shape index (κ2) is 6.02. The van der Waals surface area contributed by atoms with Gasteiger partial charge in [-0.2, -0.15) is 0 Å². The van der Waals surface area contributed by atoms with E-state index in [4.69, 9.17) is 10.2 Å². The van der Waals surface area contributed by atoms with Crippen molar-refractivity contribution in [3.8, 4) is 0 Å². The maximum Gasteiger partial charge on any atom is 0.256 e. The molecule has 0 aliphatic rings. The molecule has 0 bridgehead atoms. The van der Waals surface area contributed by atoms with E-state index in [-0.39, 0.29) is 17.1 Å². The topological polar surface area (TPSA) is 52.0 Å². The third kappa shape index (κ3) is 3.11. The fourth-order valence-corrected chi connectivity index (χ4v) is 2.78. The summed E-state index contributed by atoms with van der Waals surface area (Å²) >= 11 is 1.42. The standard InChI is InChI=1S/C13H15FN2OS/c1-2-11(15)12(18-13-16-6-7-17-13)9-4-3-5-10(14)8-9/h3-8,11-12H,2,15H2,1H3. The van der Waals surface area contributed by atoms with Crippen LogP contribution in [0.5, 0.6) is 0 Å². The minimum atomic E-state index is -0.256. The third-order valence-electron chi connectivity index (χ3n) is 2.67. The number of nitrogens with zero attached hydrogens (tertiary/aromatic N) is 1. The lowest BCUT2D eigenvalue weighted by Crippen LogP contribution is -2.25. The van der Waals surface area contributed by atoms with Crippen LogP contribution in [0.2, 0.25) is 0 Å². The van der Waals surface area contributed by atoms with Crippen molar-refractivity contribution in [3.05, 3.63) is 48.1 Å². The number of rotatable bonds is 5. The molecule has 2 atom stereocenters. The first-order chi connectivity index (χ1) is 8.70. The van der Waals surface area contributed by atoms with Crippen LogP contribution in [0.25, 0.3) is 0 Å². The molecule has 5 heteroatoms. The van der Waals surface area contributed by atoms with Crippen LogP contribution in [0.1, 0.15) is 24.2 Å². The Hall–Kier alpha value is -1.33. The van der Waals surface area contributed by atoms with Gasteiger partial charge in [0, 0.05) is 6.04 Å². The number of halogens is 1. The van der Waals surface area contributed by atoms with Gasteiger partial charge >= 0.3 is 0 Å². The second-order valence-corrected chi connectivity index (χ2v) is 5.06. The van der Waals surface area contributed by atoms with Gasteiger partial charge in [0.05, 0.1) is 11.4 Å². The van der Waals surface area contributed by atoms with Gasteiger partial charge in [0.1, 0.15) is 12.1 Å². The van der Waals surface area contributed by atoms with Gasteiger partial charge in [-0.05, 0) is 24.1 Å². The van der Waals surface area contributed by atoms with Crippen molar-refractivity contribution < 1.29 is 8.81 Å². The summed E-state index contributed by atoms with van der Waals surface area (Å²) in [5.41, 5.74) is 6.96. The number of nitrogens with two attached hydrogens (primary N) is 1. The van der Waals surface area contributed by atoms with Crippen molar-refractivity contribution >= 4 is 11.8 Å². The lowest BCUT2D eigenvalue weighted by molar-refractivity contribution is 0.451. The highest BCUT2D eigenvalue weighted by molar-refractivity contribution is 7.99. The van der Waals surface area contributed by atoms with Gasteiger partial charge in [-0.25, -0.2) is 9.37 Å². The van der Waals surface area contributed by atoms with Crippen LogP contribution in [0.4, 0.5) is 4.39 Å². The Morgan fingerprint density at radius 1 is 1.50 bits per heavy atom. The summed E-state index contributed by atoms with van der Waals surface area (Å²) in [7, 11) is 0. The van der Waals surface area contributed by atoms with Gasteiger partial charge < -0.3 is 10.2 Å². The summed E-state index contributed by atoms with van der Waals surface area (Å²) in [5.74, 6) is -0.256. The quantitative estimate of drug-likeness (QED) is 0.843. The summed E-state index contributed by atoms with van der Waals surface area (Å²) in [6.45, 7) is 2.01. The summed E-state index contributed by atoms with van der Waals surface area (Å²) < 4.78 is 18.5. The van der Waals surface area contributed by atoms with Crippen molar-refractivity contribution in [1.82, 2.24) is 4.98 Å². The van der Waals surface area contributed by atoms with Crippen molar-refractivity contribution in [1.29, 1.82) is 0 Å². The Balaban J connectivity index is 2.25. The highest BCUT2D eigenvalue weighted by atomic mass is 32.2. The summed E-state index contributed by atoms with van der Waals surface area (Å²) in [5, 5.41) is 0.484. The van der Waals surface area contributed by atoms with Gasteiger partial charge in [0.25, 0.3) is 5.22 Å². The molecule has 0 saturated heterocycles. The molecule has 2 aromatic rings. The van der Waals surface area contributed by atoms with Gasteiger partial charge in [0.15, 0.2) is 0 Å². The number of hydrogen-bond acceptors (Lipinski definition) is 4. The molecule has 0 fully saturated rings. The molecule has 0 amide bonds. The molecule has 1 heterocycles. The molecule has 1 aromatic heterocycles. The zero-order valence-corrected chi connectivity index (χ0v) is 10.9. The maximum absolute atomic E-state index is 13.3. The molecule has 3 nitrogen and oxygen atoms in total. The molecule has 2 rings (SSSR count). The fourth-order valence-electron chi connectivity index (χ4n) is 1.68. The van der Waals surface area contributed by atoms with Gasteiger partial charge in [-0.3, -0.25) is 0 Å². The van der Waals surface area contributed by atoms with E-state index in [2.05, 4.69) is 4.98 Å². The van der Waals surface area contributed by atoms with Crippen LogP contribution in [-0.2, 0) is 0 Å². The van der Waals surface area contributed by atoms with E-state index in [1.807, 2.05) is 13.0 Å². The largest absolute Gasteiger partial charge is 0.440 e. The molecule has 18 heavy (non-hydrogen) atoms. The van der Waals surface area contributed by atoms with Crippen LogP contribution in [0, 0.1) is 5.82 Å². The first-order valence-corrected chi connectivity index (χ1v) is 6.66. The van der Waals surface area contributed by atoms with E-state index in [1.165, 1.54) is 30.2 Å². The van der Waals surface area contributed by atoms with Crippen LogP contribution in [-0.4, -0.2) is 11.0 Å². The molecule has 0 radical (unpaired) electrons. The van der Waals surface area contributed by atoms with Gasteiger partial charge in [-0.15, -0.1) is 0 Å². The third-order valence-corrected chi connectivity index (χ3v) is 3.95. The molecule has 0 aliphatic carbocycles. The number of benzene rings is 1. The normalized spacial score (nSPS) is 14.4. The predicted molar refractivity (Wildman–Crippen MR) is 69.8 cm³/mol. The number of oxazole rings is 1. The predicted octanol–water partition coefficient (Wildman–Crippen LogP) is 3.38. The highest BCUT2D eigenvalue weighted by Crippen LogP contribution is 2.37. The summed E-state index contributed by atoms with van der Waals surface area (Å²) in [4.78, 5) is 4.07. The Morgan fingerprint density at radius 2 is 2.33 bits per heavy atom. The lowest BCUT2D eigenvalue weighted by Gasteiger charge is -2.21. The monoisotopic (exact) mass is 266 g/mol. The molecule has 1 aromatic carbocycles. The average molecular weight is 266 g/mol. The Labute approximate surface area is 110 Å². The van der Waals surface area contributed by atoms with Crippen LogP contribution in [0.3, 0.4) is 0 Å². The number of hydrogen-bond donors (Lipinski definition) is 1. The Bertz CT molecular complexity index is 489. The van der Waals surface area contributed by atoms with Crippen molar-refractivity contribution in [2.24, 2.45) is 5.73 Å².